The third-order valence-corrected chi connectivity index (χ3v) is 14.3. The summed E-state index contributed by atoms with van der Waals surface area (Å²) in [4.78, 5) is 38.1. The molecular formula is C67H122O6. The van der Waals surface area contributed by atoms with Crippen LogP contribution < -0.4 is 0 Å². The lowest BCUT2D eigenvalue weighted by Gasteiger charge is -2.18. The van der Waals surface area contributed by atoms with Crippen LogP contribution in [-0.2, 0) is 28.6 Å². The summed E-state index contributed by atoms with van der Waals surface area (Å²) in [6, 6.07) is 0. The lowest BCUT2D eigenvalue weighted by Crippen LogP contribution is -2.30. The molecule has 0 heterocycles. The van der Waals surface area contributed by atoms with Gasteiger partial charge in [0.1, 0.15) is 13.2 Å². The number of hydrogen-bond donors (Lipinski definition) is 0. The Bertz CT molecular complexity index is 1270. The summed E-state index contributed by atoms with van der Waals surface area (Å²) >= 11 is 0. The summed E-state index contributed by atoms with van der Waals surface area (Å²) < 4.78 is 16.8. The average molecular weight is 1020 g/mol. The van der Waals surface area contributed by atoms with Crippen LogP contribution in [0.4, 0.5) is 0 Å². The Balaban J connectivity index is 4.10. The highest BCUT2D eigenvalue weighted by atomic mass is 16.6. The molecule has 0 saturated heterocycles. The van der Waals surface area contributed by atoms with Crippen molar-refractivity contribution in [3.8, 4) is 0 Å². The van der Waals surface area contributed by atoms with E-state index in [9.17, 15) is 14.4 Å². The van der Waals surface area contributed by atoms with Gasteiger partial charge in [-0.15, -0.1) is 0 Å². The molecule has 0 radical (unpaired) electrons. The Labute approximate surface area is 454 Å². The number of carbonyl (C=O) groups is 3. The van der Waals surface area contributed by atoms with Gasteiger partial charge in [-0.25, -0.2) is 0 Å². The molecule has 0 aromatic rings. The van der Waals surface area contributed by atoms with E-state index in [2.05, 4.69) is 69.4 Å². The Morgan fingerprint density at radius 3 is 0.836 bits per heavy atom. The molecule has 1 atom stereocenters. The minimum atomic E-state index is -0.791. The van der Waals surface area contributed by atoms with E-state index in [1.54, 1.807) is 0 Å². The molecular weight excluding hydrogens is 901 g/mol. The van der Waals surface area contributed by atoms with Crippen molar-refractivity contribution in [3.05, 3.63) is 48.6 Å². The zero-order valence-corrected chi connectivity index (χ0v) is 48.9. The highest BCUT2D eigenvalue weighted by Gasteiger charge is 2.19. The SMILES string of the molecule is CC/C=C\C/C=C\C/C=C\C/C=C\CCCCC(=O)OC(COC(=O)CCCCCCCCCCCC)COC(=O)CCCCCCCCCCCCCCCCCCCCCCCCCCCCCCCC. The fourth-order valence-corrected chi connectivity index (χ4v) is 9.56. The van der Waals surface area contributed by atoms with Gasteiger partial charge in [0.2, 0.25) is 0 Å². The first-order valence-corrected chi connectivity index (χ1v) is 32.1. The number of carbonyl (C=O) groups excluding carboxylic acids is 3. The highest BCUT2D eigenvalue weighted by molar-refractivity contribution is 5.71. The van der Waals surface area contributed by atoms with Crippen molar-refractivity contribution < 1.29 is 28.6 Å². The number of unbranched alkanes of at least 4 members (excludes halogenated alkanes) is 40. The fraction of sp³-hybridized carbons (Fsp3) is 0.836. The number of hydrogen-bond acceptors (Lipinski definition) is 6. The lowest BCUT2D eigenvalue weighted by molar-refractivity contribution is -0.167. The maximum atomic E-state index is 12.8. The van der Waals surface area contributed by atoms with E-state index in [4.69, 9.17) is 14.2 Å². The van der Waals surface area contributed by atoms with Crippen molar-refractivity contribution >= 4 is 17.9 Å². The second-order valence-corrected chi connectivity index (χ2v) is 21.7. The van der Waals surface area contributed by atoms with Crippen molar-refractivity contribution in [2.45, 2.75) is 348 Å². The minimum Gasteiger partial charge on any atom is -0.462 e. The quantitative estimate of drug-likeness (QED) is 0.0261. The first-order chi connectivity index (χ1) is 36.0. The van der Waals surface area contributed by atoms with Crippen LogP contribution in [0, 0.1) is 0 Å². The number of esters is 3. The van der Waals surface area contributed by atoms with Crippen LogP contribution in [0.2, 0.25) is 0 Å². The first-order valence-electron chi connectivity index (χ1n) is 32.1. The maximum Gasteiger partial charge on any atom is 0.306 e. The molecule has 0 aromatic heterocycles. The predicted octanol–water partition coefficient (Wildman–Crippen LogP) is 21.8. The molecule has 0 saturated carbocycles. The summed E-state index contributed by atoms with van der Waals surface area (Å²) in [6.07, 6.45) is 77.3. The van der Waals surface area contributed by atoms with Crippen molar-refractivity contribution in [2.24, 2.45) is 0 Å². The van der Waals surface area contributed by atoms with Gasteiger partial charge in [-0.3, -0.25) is 14.4 Å². The third kappa shape index (κ3) is 60.1. The molecule has 0 aliphatic heterocycles. The van der Waals surface area contributed by atoms with E-state index in [1.807, 2.05) is 0 Å². The normalized spacial score (nSPS) is 12.3. The first kappa shape index (κ1) is 70.4. The maximum absolute atomic E-state index is 12.8. The van der Waals surface area contributed by atoms with E-state index in [0.717, 1.165) is 77.0 Å². The average Bonchev–Trinajstić information content (AvgIpc) is 3.39. The van der Waals surface area contributed by atoms with Gasteiger partial charge in [-0.1, -0.05) is 313 Å². The molecule has 1 unspecified atom stereocenters. The molecule has 0 rings (SSSR count). The molecule has 0 fully saturated rings. The van der Waals surface area contributed by atoms with Gasteiger partial charge in [0.05, 0.1) is 0 Å². The summed E-state index contributed by atoms with van der Waals surface area (Å²) in [6.45, 7) is 6.52. The van der Waals surface area contributed by atoms with Crippen molar-refractivity contribution in [2.75, 3.05) is 13.2 Å². The van der Waals surface area contributed by atoms with Crippen molar-refractivity contribution in [3.63, 3.8) is 0 Å². The van der Waals surface area contributed by atoms with E-state index in [1.165, 1.54) is 218 Å². The van der Waals surface area contributed by atoms with Gasteiger partial charge >= 0.3 is 17.9 Å². The summed E-state index contributed by atoms with van der Waals surface area (Å²) in [5, 5.41) is 0. The van der Waals surface area contributed by atoms with Gasteiger partial charge in [0.15, 0.2) is 6.10 Å². The topological polar surface area (TPSA) is 78.9 Å². The molecule has 6 heteroatoms. The minimum absolute atomic E-state index is 0.0857. The Morgan fingerprint density at radius 2 is 0.534 bits per heavy atom. The lowest BCUT2D eigenvalue weighted by atomic mass is 10.0. The Hall–Kier alpha value is -2.63. The van der Waals surface area contributed by atoms with Crippen LogP contribution >= 0.6 is 0 Å². The van der Waals surface area contributed by atoms with Crippen LogP contribution in [0.5, 0.6) is 0 Å². The predicted molar refractivity (Wildman–Crippen MR) is 316 cm³/mol. The second-order valence-electron chi connectivity index (χ2n) is 21.7. The number of ether oxygens (including phenoxy) is 3. The zero-order chi connectivity index (χ0) is 52.9. The van der Waals surface area contributed by atoms with Crippen LogP contribution in [-0.4, -0.2) is 37.2 Å². The molecule has 0 amide bonds. The van der Waals surface area contributed by atoms with E-state index >= 15 is 0 Å². The zero-order valence-electron chi connectivity index (χ0n) is 48.9. The van der Waals surface area contributed by atoms with Gasteiger partial charge in [-0.2, -0.15) is 0 Å². The molecule has 0 aliphatic rings. The van der Waals surface area contributed by atoms with Crippen LogP contribution in [0.3, 0.4) is 0 Å². The van der Waals surface area contributed by atoms with Crippen LogP contribution in [0.25, 0.3) is 0 Å². The van der Waals surface area contributed by atoms with E-state index in [0.29, 0.717) is 19.3 Å². The van der Waals surface area contributed by atoms with Gasteiger partial charge < -0.3 is 14.2 Å². The summed E-state index contributed by atoms with van der Waals surface area (Å²) in [5.74, 6) is -0.912. The molecule has 0 aliphatic carbocycles. The standard InChI is InChI=1S/C67H122O6/c1-4-7-10-13-16-19-22-24-26-27-28-29-30-31-32-33-34-35-36-37-38-39-40-42-43-45-48-51-54-57-60-66(69)72-63-64(62-71-65(68)59-56-53-50-47-21-18-15-12-9-6-3)73-67(70)61-58-55-52-49-46-44-41-25-23-20-17-14-11-8-5-2/h8,11,17,20,25,41,46,49,64H,4-7,9-10,12-16,18-19,21-24,26-40,42-45,47-48,50-63H2,1-3H3/b11-8-,20-17-,41-25-,49-46-. The van der Waals surface area contributed by atoms with E-state index < -0.39 is 6.10 Å². The Kier molecular flexibility index (Phi) is 59.7. The fourth-order valence-electron chi connectivity index (χ4n) is 9.56. The van der Waals surface area contributed by atoms with Crippen LogP contribution in [0.1, 0.15) is 342 Å². The molecule has 6 nitrogen and oxygen atoms in total. The molecule has 0 bridgehead atoms. The largest absolute Gasteiger partial charge is 0.462 e. The van der Waals surface area contributed by atoms with E-state index in [-0.39, 0.29) is 37.5 Å². The second kappa shape index (κ2) is 61.9. The van der Waals surface area contributed by atoms with Gasteiger partial charge in [0, 0.05) is 19.3 Å². The summed E-state index contributed by atoms with van der Waals surface area (Å²) in [5.41, 5.74) is 0. The third-order valence-electron chi connectivity index (χ3n) is 14.3. The molecule has 0 N–H and O–H groups in total. The van der Waals surface area contributed by atoms with Gasteiger partial charge in [0.25, 0.3) is 0 Å². The monoisotopic (exact) mass is 1020 g/mol. The van der Waals surface area contributed by atoms with Crippen LogP contribution in [0.15, 0.2) is 48.6 Å². The molecule has 0 aromatic carbocycles. The summed E-state index contributed by atoms with van der Waals surface area (Å²) in [7, 11) is 0. The number of rotatable bonds is 59. The Morgan fingerprint density at radius 1 is 0.288 bits per heavy atom. The smallest absolute Gasteiger partial charge is 0.306 e. The highest BCUT2D eigenvalue weighted by Crippen LogP contribution is 2.18. The molecule has 0 spiro atoms. The molecule has 426 valence electrons. The van der Waals surface area contributed by atoms with Crippen molar-refractivity contribution in [1.29, 1.82) is 0 Å². The number of allylic oxidation sites excluding steroid dienone is 8. The van der Waals surface area contributed by atoms with Gasteiger partial charge in [-0.05, 0) is 57.8 Å². The molecule has 73 heavy (non-hydrogen) atoms. The van der Waals surface area contributed by atoms with Crippen molar-refractivity contribution in [1.82, 2.24) is 0 Å².